The van der Waals surface area contributed by atoms with E-state index >= 15 is 0 Å². The summed E-state index contributed by atoms with van der Waals surface area (Å²) >= 11 is 4.64. The molecule has 2 unspecified atom stereocenters. The minimum atomic E-state index is -1.80. The van der Waals surface area contributed by atoms with Crippen molar-refractivity contribution in [1.82, 2.24) is 25.6 Å². The maximum atomic E-state index is 14.7. The number of carbonyl (C=O) groups is 1. The second-order valence-corrected chi connectivity index (χ2v) is 7.79. The fraction of sp³-hybridized carbons (Fsp3) is 0.238. The van der Waals surface area contributed by atoms with Crippen LogP contribution in [0.4, 0.5) is 8.78 Å². The normalized spacial score (nSPS) is 13.8. The molecule has 3 aromatic rings. The monoisotopic (exact) mass is 460 g/mol. The van der Waals surface area contributed by atoms with Crippen molar-refractivity contribution in [2.24, 2.45) is 12.8 Å². The first kappa shape index (κ1) is 23.2. The molecule has 8 nitrogen and oxygen atoms in total. The highest BCUT2D eigenvalue weighted by Gasteiger charge is 2.40. The van der Waals surface area contributed by atoms with E-state index in [-0.39, 0.29) is 17.1 Å². The summed E-state index contributed by atoms with van der Waals surface area (Å²) in [5, 5.41) is 15.8. The van der Waals surface area contributed by atoms with Gasteiger partial charge in [0.1, 0.15) is 23.6 Å². The van der Waals surface area contributed by atoms with E-state index in [1.165, 1.54) is 17.1 Å². The second kappa shape index (κ2) is 9.37. The number of benzene rings is 2. The van der Waals surface area contributed by atoms with E-state index in [1.807, 2.05) is 0 Å². The van der Waals surface area contributed by atoms with Crippen molar-refractivity contribution in [3.8, 4) is 0 Å². The predicted molar refractivity (Wildman–Crippen MR) is 117 cm³/mol. The molecular weight excluding hydrogens is 438 g/mol. The van der Waals surface area contributed by atoms with Crippen molar-refractivity contribution >= 4 is 23.2 Å². The summed E-state index contributed by atoms with van der Waals surface area (Å²) in [7, 11) is 1.67. The first-order valence-corrected chi connectivity index (χ1v) is 9.99. The zero-order valence-electron chi connectivity index (χ0n) is 17.3. The Bertz CT molecular complexity index is 1140. The molecule has 2 aromatic carbocycles. The molecule has 2 atom stereocenters. The number of hydrazine groups is 1. The summed E-state index contributed by atoms with van der Waals surface area (Å²) in [5.41, 5.74) is 9.03. The third-order valence-corrected chi connectivity index (χ3v) is 5.26. The van der Waals surface area contributed by atoms with E-state index in [9.17, 15) is 18.7 Å². The van der Waals surface area contributed by atoms with Crippen LogP contribution in [0.25, 0.3) is 0 Å². The highest BCUT2D eigenvalue weighted by atomic mass is 32.1. The SMILES string of the molecule is CC(c1ccc(C(=O)NNC(N)=S)cc1)C(O)(Cc1ncn(C)n1)c1ccc(F)cc1F. The van der Waals surface area contributed by atoms with Gasteiger partial charge in [-0.15, -0.1) is 0 Å². The Morgan fingerprint density at radius 1 is 1.25 bits per heavy atom. The van der Waals surface area contributed by atoms with Crippen molar-refractivity contribution in [2.45, 2.75) is 24.9 Å². The van der Waals surface area contributed by atoms with Gasteiger partial charge < -0.3 is 10.8 Å². The molecule has 32 heavy (non-hydrogen) atoms. The number of hydrogen-bond donors (Lipinski definition) is 4. The van der Waals surface area contributed by atoms with Crippen LogP contribution in [-0.4, -0.2) is 30.9 Å². The minimum Gasteiger partial charge on any atom is -0.384 e. The average Bonchev–Trinajstić information content (AvgIpc) is 3.15. The zero-order chi connectivity index (χ0) is 23.5. The molecule has 3 rings (SSSR count). The third-order valence-electron chi connectivity index (χ3n) is 5.16. The largest absolute Gasteiger partial charge is 0.384 e. The fourth-order valence-electron chi connectivity index (χ4n) is 3.42. The number of aliphatic hydroxyl groups is 1. The molecular formula is C21H22F2N6O2S. The van der Waals surface area contributed by atoms with Gasteiger partial charge in [-0.05, 0) is 36.0 Å². The molecule has 0 fully saturated rings. The van der Waals surface area contributed by atoms with Gasteiger partial charge in [-0.1, -0.05) is 25.1 Å². The number of amides is 1. The summed E-state index contributed by atoms with van der Waals surface area (Å²) in [6.45, 7) is 1.70. The third kappa shape index (κ3) is 5.06. The topological polar surface area (TPSA) is 118 Å². The highest BCUT2D eigenvalue weighted by Crippen LogP contribution is 2.40. The predicted octanol–water partition coefficient (Wildman–Crippen LogP) is 1.81. The molecule has 1 heterocycles. The van der Waals surface area contributed by atoms with E-state index in [0.29, 0.717) is 17.0 Å². The van der Waals surface area contributed by atoms with E-state index in [1.54, 1.807) is 38.2 Å². The molecule has 0 aliphatic carbocycles. The van der Waals surface area contributed by atoms with Crippen LogP contribution in [-0.2, 0) is 19.1 Å². The van der Waals surface area contributed by atoms with Crippen molar-refractivity contribution in [2.75, 3.05) is 0 Å². The number of nitrogens with one attached hydrogen (secondary N) is 2. The molecule has 0 saturated carbocycles. The van der Waals surface area contributed by atoms with Crippen molar-refractivity contribution in [3.05, 3.63) is 82.9 Å². The van der Waals surface area contributed by atoms with Gasteiger partial charge in [0, 0.05) is 36.6 Å². The van der Waals surface area contributed by atoms with Crippen molar-refractivity contribution < 1.29 is 18.7 Å². The lowest BCUT2D eigenvalue weighted by Gasteiger charge is -2.34. The van der Waals surface area contributed by atoms with Gasteiger partial charge in [-0.2, -0.15) is 5.10 Å². The lowest BCUT2D eigenvalue weighted by atomic mass is 9.75. The number of thiocarbonyl (C=S) groups is 1. The van der Waals surface area contributed by atoms with E-state index in [2.05, 4.69) is 33.2 Å². The number of aromatic nitrogens is 3. The van der Waals surface area contributed by atoms with Crippen LogP contribution in [0.2, 0.25) is 0 Å². The van der Waals surface area contributed by atoms with Gasteiger partial charge in [-0.25, -0.2) is 13.8 Å². The molecule has 1 amide bonds. The maximum Gasteiger partial charge on any atom is 0.269 e. The quantitative estimate of drug-likeness (QED) is 0.327. The molecule has 168 valence electrons. The van der Waals surface area contributed by atoms with Gasteiger partial charge in [0.15, 0.2) is 10.9 Å². The van der Waals surface area contributed by atoms with Crippen molar-refractivity contribution in [3.63, 3.8) is 0 Å². The molecule has 0 aliphatic rings. The Balaban J connectivity index is 1.95. The van der Waals surface area contributed by atoms with Crippen LogP contribution in [0.15, 0.2) is 48.8 Å². The number of nitrogens with zero attached hydrogens (tertiary/aromatic N) is 3. The number of nitrogens with two attached hydrogens (primary N) is 1. The van der Waals surface area contributed by atoms with Gasteiger partial charge >= 0.3 is 0 Å². The van der Waals surface area contributed by atoms with Crippen LogP contribution in [0.1, 0.15) is 40.2 Å². The Morgan fingerprint density at radius 3 is 2.50 bits per heavy atom. The fourth-order valence-corrected chi connectivity index (χ4v) is 3.47. The van der Waals surface area contributed by atoms with Crippen LogP contribution in [0.5, 0.6) is 0 Å². The Labute approximate surface area is 188 Å². The van der Waals surface area contributed by atoms with Gasteiger partial charge in [0.25, 0.3) is 5.91 Å². The standard InChI is InChI=1S/C21H22F2N6O2S/c1-12(13-3-5-14(6-4-13)19(30)26-27-20(24)32)21(31,10-18-25-11-29(2)28-18)16-8-7-15(22)9-17(16)23/h3-9,11-12,31H,10H2,1-2H3,(H,26,30)(H3,24,27,32). The summed E-state index contributed by atoms with van der Waals surface area (Å²) in [6.07, 6.45) is 1.35. The smallest absolute Gasteiger partial charge is 0.269 e. The number of hydrogen-bond acceptors (Lipinski definition) is 5. The van der Waals surface area contributed by atoms with Gasteiger partial charge in [-0.3, -0.25) is 20.3 Å². The van der Waals surface area contributed by atoms with Gasteiger partial charge in [0.05, 0.1) is 0 Å². The molecule has 0 spiro atoms. The number of rotatable bonds is 6. The lowest BCUT2D eigenvalue weighted by molar-refractivity contribution is 0.00734. The summed E-state index contributed by atoms with van der Waals surface area (Å²) < 4.78 is 29.7. The van der Waals surface area contributed by atoms with Crippen molar-refractivity contribution in [1.29, 1.82) is 0 Å². The lowest BCUT2D eigenvalue weighted by Crippen LogP contribution is -2.44. The average molecular weight is 461 g/mol. The minimum absolute atomic E-state index is 0.0821. The van der Waals surface area contributed by atoms with Crippen LogP contribution >= 0.6 is 12.2 Å². The van der Waals surface area contributed by atoms with E-state index in [4.69, 9.17) is 5.73 Å². The molecule has 0 radical (unpaired) electrons. The van der Waals surface area contributed by atoms with E-state index < -0.39 is 29.1 Å². The zero-order valence-corrected chi connectivity index (χ0v) is 18.2. The molecule has 1 aromatic heterocycles. The Hall–Kier alpha value is -3.44. The molecule has 0 aliphatic heterocycles. The summed E-state index contributed by atoms with van der Waals surface area (Å²) in [4.78, 5) is 16.3. The summed E-state index contributed by atoms with van der Waals surface area (Å²) in [5.74, 6) is -2.47. The van der Waals surface area contributed by atoms with E-state index in [0.717, 1.165) is 12.1 Å². The molecule has 11 heteroatoms. The van der Waals surface area contributed by atoms with Crippen LogP contribution in [0, 0.1) is 11.6 Å². The van der Waals surface area contributed by atoms with Crippen LogP contribution in [0.3, 0.4) is 0 Å². The van der Waals surface area contributed by atoms with Gasteiger partial charge in [0.2, 0.25) is 0 Å². The number of halogens is 2. The Kier molecular flexibility index (Phi) is 6.80. The molecule has 0 bridgehead atoms. The molecule has 0 saturated heterocycles. The highest BCUT2D eigenvalue weighted by molar-refractivity contribution is 7.80. The summed E-state index contributed by atoms with van der Waals surface area (Å²) in [6, 6.07) is 9.39. The number of aryl methyl sites for hydroxylation is 1. The van der Waals surface area contributed by atoms with Crippen LogP contribution < -0.4 is 16.6 Å². The first-order chi connectivity index (χ1) is 15.1. The second-order valence-electron chi connectivity index (χ2n) is 7.35. The number of carbonyl (C=O) groups excluding carboxylic acids is 1. The molecule has 5 N–H and O–H groups in total. The maximum absolute atomic E-state index is 14.7. The Morgan fingerprint density at radius 2 is 1.94 bits per heavy atom. The first-order valence-electron chi connectivity index (χ1n) is 9.58.